The Kier molecular flexibility index (Phi) is 6.61. The number of hydrogen-bond donors (Lipinski definition) is 0. The summed E-state index contributed by atoms with van der Waals surface area (Å²) in [6, 6.07) is 17.7. The Morgan fingerprint density at radius 3 is 2.48 bits per heavy atom. The smallest absolute Gasteiger partial charge is 0.366 e. The van der Waals surface area contributed by atoms with E-state index in [1.807, 2.05) is 62.5 Å². The van der Waals surface area contributed by atoms with Crippen molar-refractivity contribution >= 4 is 12.0 Å². The van der Waals surface area contributed by atoms with Crippen LogP contribution in [0.2, 0.25) is 0 Å². The van der Waals surface area contributed by atoms with Gasteiger partial charge in [-0.1, -0.05) is 31.5 Å². The molecule has 3 heterocycles. The van der Waals surface area contributed by atoms with Gasteiger partial charge in [0.05, 0.1) is 0 Å². The molecule has 1 aliphatic rings. The number of alkyl halides is 3. The normalized spacial score (nSPS) is 16.0. The summed E-state index contributed by atoms with van der Waals surface area (Å²) in [5.74, 6) is 0.429. The maximum Gasteiger partial charge on any atom is 2.00 e. The molecule has 3 aromatic rings. The topological polar surface area (TPSA) is 28.8 Å². The van der Waals surface area contributed by atoms with Gasteiger partial charge in [0.15, 0.2) is 5.69 Å². The van der Waals surface area contributed by atoms with E-state index < -0.39 is 17.2 Å². The number of hydrogen-bond acceptors (Lipinski definition) is 2. The van der Waals surface area contributed by atoms with Gasteiger partial charge in [-0.05, 0) is 48.0 Å². The molecule has 0 aliphatic carbocycles. The van der Waals surface area contributed by atoms with E-state index in [0.717, 1.165) is 23.5 Å². The molecule has 1 atom stereocenters. The molecule has 0 N–H and O–H groups in total. The fourth-order valence-electron chi connectivity index (χ4n) is 3.35. The quantitative estimate of drug-likeness (QED) is 0.285. The second-order valence-electron chi connectivity index (χ2n) is 7.62. The number of benzene rings is 1. The number of nitrogens with zero attached hydrogens (tertiary/aromatic N) is 3. The minimum Gasteiger partial charge on any atom is -0.366 e. The Balaban J connectivity index is 0.00000272. The summed E-state index contributed by atoms with van der Waals surface area (Å²) >= 11 is 0. The Morgan fingerprint density at radius 1 is 1.00 bits per heavy atom. The zero-order valence-electron chi connectivity index (χ0n) is 16.8. The summed E-state index contributed by atoms with van der Waals surface area (Å²) in [7, 11) is 0. The van der Waals surface area contributed by atoms with Gasteiger partial charge in [-0.3, -0.25) is 4.98 Å². The van der Waals surface area contributed by atoms with Crippen LogP contribution >= 0.6 is 0 Å². The van der Waals surface area contributed by atoms with Crippen LogP contribution in [0.3, 0.4) is 0 Å². The molecule has 2 aromatic heterocycles. The van der Waals surface area contributed by atoms with Gasteiger partial charge in [0.25, 0.3) is 0 Å². The van der Waals surface area contributed by atoms with Gasteiger partial charge in [-0.2, -0.15) is 43.0 Å². The zero-order chi connectivity index (χ0) is 21.4. The Labute approximate surface area is 193 Å². The molecule has 0 fully saturated rings. The first kappa shape index (κ1) is 23.1. The fraction of sp³-hybridized carbons (Fsp3) is 0.208. The predicted octanol–water partition coefficient (Wildman–Crippen LogP) is 5.67. The Bertz CT molecular complexity index is 1120. The third kappa shape index (κ3) is 4.85. The SMILES string of the molecule is CC(C)(c1[c-]ccc(C(F)(F)F)c1)C1[C-]=[N+](c2cccc(-c3ccccn3)n2)C=C1.[Pt+2]. The van der Waals surface area contributed by atoms with Crippen molar-refractivity contribution in [1.29, 1.82) is 0 Å². The largest absolute Gasteiger partial charge is 2.00 e. The van der Waals surface area contributed by atoms with Crippen LogP contribution < -0.4 is 0 Å². The minimum absolute atomic E-state index is 0. The molecule has 0 bridgehead atoms. The molecule has 0 amide bonds. The van der Waals surface area contributed by atoms with Crippen molar-refractivity contribution in [3.8, 4) is 11.4 Å². The number of aromatic nitrogens is 2. The third-order valence-corrected chi connectivity index (χ3v) is 5.21. The van der Waals surface area contributed by atoms with E-state index in [1.54, 1.807) is 10.8 Å². The first-order valence-corrected chi connectivity index (χ1v) is 9.47. The number of pyridine rings is 2. The molecule has 160 valence electrons. The van der Waals surface area contributed by atoms with Crippen LogP contribution in [0.15, 0.2) is 73.1 Å². The average Bonchev–Trinajstić information content (AvgIpc) is 3.25. The van der Waals surface area contributed by atoms with Gasteiger partial charge in [-0.25, -0.2) is 0 Å². The van der Waals surface area contributed by atoms with Crippen LogP contribution in [0.1, 0.15) is 25.0 Å². The minimum atomic E-state index is -4.39. The predicted molar refractivity (Wildman–Crippen MR) is 108 cm³/mol. The summed E-state index contributed by atoms with van der Waals surface area (Å²) < 4.78 is 41.2. The molecule has 3 nitrogen and oxygen atoms in total. The molecule has 31 heavy (non-hydrogen) atoms. The van der Waals surface area contributed by atoms with Crippen molar-refractivity contribution in [2.75, 3.05) is 0 Å². The summed E-state index contributed by atoms with van der Waals surface area (Å²) in [6.45, 7) is 3.78. The molecule has 0 saturated heterocycles. The molecular weight excluding hydrogens is 582 g/mol. The standard InChI is InChI=1S/C24H19F3N3.Pt/c1-23(2,17-7-5-8-18(15-17)24(25,26)27)19-12-14-30(16-19)22-11-6-10-21(29-22)20-9-3-4-13-28-20;/h3-6,8-15,19H,1-2H3;/q-1;+2. The first-order valence-electron chi connectivity index (χ1n) is 9.47. The van der Waals surface area contributed by atoms with Gasteiger partial charge in [0.1, 0.15) is 5.69 Å². The van der Waals surface area contributed by atoms with E-state index in [4.69, 9.17) is 0 Å². The fourth-order valence-corrected chi connectivity index (χ4v) is 3.35. The van der Waals surface area contributed by atoms with Gasteiger partial charge < -0.3 is 4.58 Å². The van der Waals surface area contributed by atoms with Gasteiger partial charge >= 0.3 is 27.2 Å². The van der Waals surface area contributed by atoms with Gasteiger partial charge in [-0.15, -0.1) is 11.1 Å². The van der Waals surface area contributed by atoms with Crippen molar-refractivity contribution in [3.05, 3.63) is 90.3 Å². The summed E-state index contributed by atoms with van der Waals surface area (Å²) in [5.41, 5.74) is 0.671. The molecular formula is C24H19F3N3Pt+. The van der Waals surface area contributed by atoms with E-state index in [-0.39, 0.29) is 27.0 Å². The van der Waals surface area contributed by atoms with Crippen LogP contribution in [0.25, 0.3) is 11.4 Å². The molecule has 1 aromatic carbocycles. The summed E-state index contributed by atoms with van der Waals surface area (Å²) in [6.07, 6.45) is 4.40. The van der Waals surface area contributed by atoms with Crippen LogP contribution in [0.5, 0.6) is 0 Å². The second kappa shape index (κ2) is 8.88. The van der Waals surface area contributed by atoms with E-state index in [9.17, 15) is 13.2 Å². The van der Waals surface area contributed by atoms with Crippen LogP contribution in [-0.2, 0) is 32.7 Å². The van der Waals surface area contributed by atoms with Crippen LogP contribution in [0.4, 0.5) is 19.0 Å². The van der Waals surface area contributed by atoms with Crippen molar-refractivity contribution in [3.63, 3.8) is 0 Å². The van der Waals surface area contributed by atoms with Gasteiger partial charge in [0.2, 0.25) is 5.82 Å². The number of rotatable bonds is 4. The van der Waals surface area contributed by atoms with E-state index >= 15 is 0 Å². The van der Waals surface area contributed by atoms with Crippen molar-refractivity contribution < 1.29 is 38.8 Å². The molecule has 7 heteroatoms. The van der Waals surface area contributed by atoms with Crippen molar-refractivity contribution in [1.82, 2.24) is 9.97 Å². The second-order valence-corrected chi connectivity index (χ2v) is 7.62. The van der Waals surface area contributed by atoms with Crippen molar-refractivity contribution in [2.45, 2.75) is 25.4 Å². The number of halogens is 3. The zero-order valence-corrected chi connectivity index (χ0v) is 19.1. The molecule has 0 saturated carbocycles. The summed E-state index contributed by atoms with van der Waals surface area (Å²) in [4.78, 5) is 8.98. The molecule has 1 aliphatic heterocycles. The molecule has 4 rings (SSSR count). The van der Waals surface area contributed by atoms with Gasteiger partial charge in [0, 0.05) is 6.20 Å². The molecule has 0 radical (unpaired) electrons. The van der Waals surface area contributed by atoms with Crippen molar-refractivity contribution in [2.24, 2.45) is 5.92 Å². The van der Waals surface area contributed by atoms with E-state index in [2.05, 4.69) is 22.2 Å². The maximum atomic E-state index is 13.1. The maximum absolute atomic E-state index is 13.1. The molecule has 1 unspecified atom stereocenters. The monoisotopic (exact) mass is 601 g/mol. The van der Waals surface area contributed by atoms with Crippen LogP contribution in [-0.4, -0.2) is 20.8 Å². The average molecular weight is 602 g/mol. The Morgan fingerprint density at radius 2 is 1.77 bits per heavy atom. The summed E-state index contributed by atoms with van der Waals surface area (Å²) in [5, 5.41) is 0. The van der Waals surface area contributed by atoms with E-state index in [0.29, 0.717) is 11.4 Å². The third-order valence-electron chi connectivity index (χ3n) is 5.21. The molecule has 0 spiro atoms. The first-order chi connectivity index (χ1) is 14.2. The van der Waals surface area contributed by atoms with Crippen LogP contribution in [0, 0.1) is 12.0 Å². The Hall–Kier alpha value is -2.59. The number of allylic oxidation sites excluding steroid dienone is 1. The van der Waals surface area contributed by atoms with E-state index in [1.165, 1.54) is 6.07 Å².